The first-order valence-corrected chi connectivity index (χ1v) is 5.41. The lowest BCUT2D eigenvalue weighted by molar-refractivity contribution is 0.0641. The molecule has 1 fully saturated rings. The Morgan fingerprint density at radius 2 is 2.15 bits per heavy atom. The monoisotopic (exact) mass is 242 g/mol. The van der Waals surface area contributed by atoms with Crippen LogP contribution in [0.15, 0.2) is 28.7 Å². The first kappa shape index (κ1) is 9.20. The largest absolute Gasteiger partial charge is 0.244 e. The van der Waals surface area contributed by atoms with Crippen LogP contribution < -0.4 is 0 Å². The molecular weight excluding hydrogens is 231 g/mol. The van der Waals surface area contributed by atoms with Gasteiger partial charge in [-0.25, -0.2) is 4.39 Å². The van der Waals surface area contributed by atoms with Crippen molar-refractivity contribution >= 4 is 15.9 Å². The molecule has 0 N–H and O–H groups in total. The van der Waals surface area contributed by atoms with Gasteiger partial charge in [-0.05, 0) is 37.0 Å². The van der Waals surface area contributed by atoms with Crippen LogP contribution >= 0.6 is 15.9 Å². The van der Waals surface area contributed by atoms with E-state index >= 15 is 0 Å². The van der Waals surface area contributed by atoms with E-state index in [1.54, 1.807) is 0 Å². The fourth-order valence-corrected chi connectivity index (χ4v) is 2.20. The van der Waals surface area contributed by atoms with Crippen molar-refractivity contribution in [1.82, 2.24) is 0 Å². The lowest BCUT2D eigenvalue weighted by atomic mass is 9.78. The highest BCUT2D eigenvalue weighted by Crippen LogP contribution is 2.38. The molecule has 1 aromatic carbocycles. The van der Waals surface area contributed by atoms with Gasteiger partial charge < -0.3 is 0 Å². The molecule has 0 nitrogen and oxygen atoms in total. The summed E-state index contributed by atoms with van der Waals surface area (Å²) in [6.07, 6.45) is 3.09. The maximum absolute atomic E-state index is 13.7. The first-order valence-electron chi connectivity index (χ1n) is 4.61. The van der Waals surface area contributed by atoms with E-state index in [1.807, 2.05) is 24.3 Å². The van der Waals surface area contributed by atoms with E-state index in [4.69, 9.17) is 0 Å². The van der Waals surface area contributed by atoms with Crippen molar-refractivity contribution in [3.63, 3.8) is 0 Å². The third kappa shape index (κ3) is 2.11. The Balaban J connectivity index is 2.09. The molecule has 0 bridgehead atoms. The number of alkyl halides is 1. The van der Waals surface area contributed by atoms with Crippen molar-refractivity contribution in [3.05, 3.63) is 34.3 Å². The Labute approximate surface area is 86.3 Å². The number of hydrogen-bond acceptors (Lipinski definition) is 0. The third-order valence-electron chi connectivity index (χ3n) is 2.66. The third-order valence-corrected chi connectivity index (χ3v) is 3.15. The van der Waals surface area contributed by atoms with Crippen LogP contribution in [0, 0.1) is 0 Å². The molecule has 70 valence electrons. The van der Waals surface area contributed by atoms with Crippen LogP contribution in [-0.4, -0.2) is 5.67 Å². The Morgan fingerprint density at radius 1 is 1.38 bits per heavy atom. The molecule has 0 aromatic heterocycles. The molecule has 2 heteroatoms. The molecule has 0 unspecified atom stereocenters. The summed E-state index contributed by atoms with van der Waals surface area (Å²) in [7, 11) is 0. The topological polar surface area (TPSA) is 0 Å². The fraction of sp³-hybridized carbons (Fsp3) is 0.455. The van der Waals surface area contributed by atoms with Gasteiger partial charge in [0.15, 0.2) is 0 Å². The second-order valence-electron chi connectivity index (χ2n) is 3.81. The minimum absolute atomic E-state index is 0.576. The molecule has 1 saturated carbocycles. The van der Waals surface area contributed by atoms with Crippen LogP contribution in [0.5, 0.6) is 0 Å². The first-order chi connectivity index (χ1) is 6.18. The summed E-state index contributed by atoms with van der Waals surface area (Å²) >= 11 is 3.39. The van der Waals surface area contributed by atoms with E-state index in [0.717, 1.165) is 29.3 Å². The van der Waals surface area contributed by atoms with Gasteiger partial charge in [-0.3, -0.25) is 0 Å². The van der Waals surface area contributed by atoms with Crippen LogP contribution in [0.3, 0.4) is 0 Å². The minimum atomic E-state index is -0.902. The van der Waals surface area contributed by atoms with Gasteiger partial charge in [0, 0.05) is 10.9 Å². The van der Waals surface area contributed by atoms with E-state index < -0.39 is 5.67 Å². The van der Waals surface area contributed by atoms with Crippen LogP contribution in [-0.2, 0) is 6.42 Å². The number of hydrogen-bond donors (Lipinski definition) is 0. The van der Waals surface area contributed by atoms with Crippen LogP contribution in [0.25, 0.3) is 0 Å². The smallest absolute Gasteiger partial charge is 0.115 e. The quantitative estimate of drug-likeness (QED) is 0.739. The molecule has 0 aliphatic heterocycles. The summed E-state index contributed by atoms with van der Waals surface area (Å²) in [6.45, 7) is 0. The second-order valence-corrected chi connectivity index (χ2v) is 4.73. The zero-order chi connectivity index (χ0) is 9.31. The van der Waals surface area contributed by atoms with Gasteiger partial charge >= 0.3 is 0 Å². The molecule has 1 aliphatic carbocycles. The van der Waals surface area contributed by atoms with Gasteiger partial charge in [-0.2, -0.15) is 0 Å². The van der Waals surface area contributed by atoms with Crippen LogP contribution in [0.1, 0.15) is 24.8 Å². The van der Waals surface area contributed by atoms with Gasteiger partial charge in [-0.1, -0.05) is 28.1 Å². The summed E-state index contributed by atoms with van der Waals surface area (Å²) in [6, 6.07) is 7.92. The maximum Gasteiger partial charge on any atom is 0.115 e. The van der Waals surface area contributed by atoms with Gasteiger partial charge in [0.2, 0.25) is 0 Å². The second kappa shape index (κ2) is 3.41. The Bertz CT molecular complexity index is 305. The van der Waals surface area contributed by atoms with Gasteiger partial charge in [0.25, 0.3) is 0 Å². The highest BCUT2D eigenvalue weighted by molar-refractivity contribution is 9.10. The number of benzene rings is 1. The molecule has 2 rings (SSSR count). The Morgan fingerprint density at radius 3 is 2.69 bits per heavy atom. The molecule has 0 saturated heterocycles. The van der Waals surface area contributed by atoms with Crippen molar-refractivity contribution in [2.24, 2.45) is 0 Å². The molecular formula is C11H12BrF. The van der Waals surface area contributed by atoms with Crippen molar-refractivity contribution in [2.45, 2.75) is 31.4 Å². The van der Waals surface area contributed by atoms with Crippen molar-refractivity contribution in [3.8, 4) is 0 Å². The van der Waals surface area contributed by atoms with Gasteiger partial charge in [0.05, 0.1) is 0 Å². The summed E-state index contributed by atoms with van der Waals surface area (Å²) < 4.78 is 14.7. The normalized spacial score (nSPS) is 19.5. The fourth-order valence-electron chi connectivity index (χ4n) is 1.75. The van der Waals surface area contributed by atoms with E-state index in [0.29, 0.717) is 6.42 Å². The Kier molecular flexibility index (Phi) is 2.41. The zero-order valence-corrected chi connectivity index (χ0v) is 8.98. The standard InChI is InChI=1S/C11H12BrF/c12-10-4-1-3-9(7-10)8-11(13)5-2-6-11/h1,3-4,7H,2,5-6,8H2. The average molecular weight is 243 g/mol. The van der Waals surface area contributed by atoms with Crippen molar-refractivity contribution in [2.75, 3.05) is 0 Å². The molecule has 0 spiro atoms. The van der Waals surface area contributed by atoms with E-state index in [2.05, 4.69) is 15.9 Å². The Hall–Kier alpha value is -0.370. The van der Waals surface area contributed by atoms with Crippen molar-refractivity contribution < 1.29 is 4.39 Å². The summed E-state index contributed by atoms with van der Waals surface area (Å²) in [5.74, 6) is 0. The van der Waals surface area contributed by atoms with E-state index in [1.165, 1.54) is 0 Å². The highest BCUT2D eigenvalue weighted by Gasteiger charge is 2.36. The van der Waals surface area contributed by atoms with Crippen LogP contribution in [0.2, 0.25) is 0 Å². The molecule has 1 aliphatic rings. The molecule has 1 aromatic rings. The summed E-state index contributed by atoms with van der Waals surface area (Å²) in [5, 5.41) is 0. The van der Waals surface area contributed by atoms with Gasteiger partial charge in [0.1, 0.15) is 5.67 Å². The summed E-state index contributed by atoms with van der Waals surface area (Å²) in [4.78, 5) is 0. The highest BCUT2D eigenvalue weighted by atomic mass is 79.9. The average Bonchev–Trinajstić information content (AvgIpc) is 2.01. The van der Waals surface area contributed by atoms with Crippen molar-refractivity contribution in [1.29, 1.82) is 0 Å². The zero-order valence-electron chi connectivity index (χ0n) is 7.39. The lowest BCUT2D eigenvalue weighted by Crippen LogP contribution is -2.33. The predicted molar refractivity (Wildman–Crippen MR) is 55.5 cm³/mol. The molecule has 0 atom stereocenters. The van der Waals surface area contributed by atoms with E-state index in [9.17, 15) is 4.39 Å². The lowest BCUT2D eigenvalue weighted by Gasteiger charge is -2.33. The molecule has 0 radical (unpaired) electrons. The molecule has 0 heterocycles. The van der Waals surface area contributed by atoms with E-state index in [-0.39, 0.29) is 0 Å². The molecule has 0 amide bonds. The minimum Gasteiger partial charge on any atom is -0.244 e. The van der Waals surface area contributed by atoms with Crippen LogP contribution in [0.4, 0.5) is 4.39 Å². The SMILES string of the molecule is FC1(Cc2cccc(Br)c2)CCC1. The summed E-state index contributed by atoms with van der Waals surface area (Å²) in [5.41, 5.74) is 0.192. The number of halogens is 2. The molecule has 13 heavy (non-hydrogen) atoms. The predicted octanol–water partition coefficient (Wildman–Crippen LogP) is 3.88. The number of rotatable bonds is 2. The maximum atomic E-state index is 13.7. The van der Waals surface area contributed by atoms with Gasteiger partial charge in [-0.15, -0.1) is 0 Å².